The van der Waals surface area contributed by atoms with Crippen LogP contribution in [0.3, 0.4) is 0 Å². The van der Waals surface area contributed by atoms with Crippen LogP contribution >= 0.6 is 0 Å². The number of nitrogens with zero attached hydrogens (tertiary/aromatic N) is 1. The third-order valence-corrected chi connectivity index (χ3v) is 4.10. The van der Waals surface area contributed by atoms with Gasteiger partial charge in [-0.05, 0) is 55.6 Å². The molecule has 4 heteroatoms. The van der Waals surface area contributed by atoms with Gasteiger partial charge in [0.15, 0.2) is 0 Å². The van der Waals surface area contributed by atoms with Crippen molar-refractivity contribution in [1.29, 1.82) is 0 Å². The van der Waals surface area contributed by atoms with Crippen molar-refractivity contribution >= 4 is 0 Å². The maximum atomic E-state index is 5.83. The standard InChI is InChI=1S/C17H28N2O2/c1-3-11-20-15-4-6-16(7-5-15)21-12-10-19-9-8-17(2,13-18)14-19/h4-7H,3,8-14,18H2,1-2H3. The molecule has 1 aromatic carbocycles. The molecule has 0 radical (unpaired) electrons. The third-order valence-electron chi connectivity index (χ3n) is 4.10. The normalized spacial score (nSPS) is 22.4. The maximum absolute atomic E-state index is 5.83. The molecule has 1 aromatic rings. The zero-order chi connectivity index (χ0) is 15.1. The smallest absolute Gasteiger partial charge is 0.119 e. The minimum Gasteiger partial charge on any atom is -0.494 e. The van der Waals surface area contributed by atoms with Gasteiger partial charge in [-0.3, -0.25) is 4.90 Å². The van der Waals surface area contributed by atoms with Crippen LogP contribution in [0.25, 0.3) is 0 Å². The monoisotopic (exact) mass is 292 g/mol. The fraction of sp³-hybridized carbons (Fsp3) is 0.647. The van der Waals surface area contributed by atoms with Crippen LogP contribution in [0.4, 0.5) is 0 Å². The summed E-state index contributed by atoms with van der Waals surface area (Å²) < 4.78 is 11.4. The van der Waals surface area contributed by atoms with Gasteiger partial charge in [-0.2, -0.15) is 0 Å². The first kappa shape index (κ1) is 16.1. The molecular formula is C17H28N2O2. The van der Waals surface area contributed by atoms with Crippen molar-refractivity contribution in [1.82, 2.24) is 4.90 Å². The van der Waals surface area contributed by atoms with Gasteiger partial charge >= 0.3 is 0 Å². The summed E-state index contributed by atoms with van der Waals surface area (Å²) in [5.74, 6) is 1.81. The van der Waals surface area contributed by atoms with Crippen LogP contribution in [0.2, 0.25) is 0 Å². The number of likely N-dealkylation sites (tertiary alicyclic amines) is 1. The Bertz CT molecular complexity index is 421. The van der Waals surface area contributed by atoms with E-state index in [1.165, 1.54) is 6.42 Å². The van der Waals surface area contributed by atoms with Crippen molar-refractivity contribution in [3.05, 3.63) is 24.3 Å². The summed E-state index contributed by atoms with van der Waals surface area (Å²) in [6.07, 6.45) is 2.21. The van der Waals surface area contributed by atoms with Gasteiger partial charge < -0.3 is 15.2 Å². The highest BCUT2D eigenvalue weighted by atomic mass is 16.5. The second kappa shape index (κ2) is 7.66. The van der Waals surface area contributed by atoms with E-state index in [1.54, 1.807) is 0 Å². The van der Waals surface area contributed by atoms with Crippen LogP contribution in [0.5, 0.6) is 11.5 Å². The molecule has 2 rings (SSSR count). The topological polar surface area (TPSA) is 47.7 Å². The van der Waals surface area contributed by atoms with Gasteiger partial charge in [-0.1, -0.05) is 13.8 Å². The molecule has 4 nitrogen and oxygen atoms in total. The first-order valence-electron chi connectivity index (χ1n) is 7.93. The second-order valence-electron chi connectivity index (χ2n) is 6.21. The summed E-state index contributed by atoms with van der Waals surface area (Å²) in [5.41, 5.74) is 6.12. The Kier molecular flexibility index (Phi) is 5.88. The zero-order valence-electron chi connectivity index (χ0n) is 13.3. The van der Waals surface area contributed by atoms with Gasteiger partial charge in [0.1, 0.15) is 18.1 Å². The van der Waals surface area contributed by atoms with E-state index < -0.39 is 0 Å². The lowest BCUT2D eigenvalue weighted by Crippen LogP contribution is -2.33. The summed E-state index contributed by atoms with van der Waals surface area (Å²) in [7, 11) is 0. The van der Waals surface area contributed by atoms with Crippen molar-refractivity contribution in [3.63, 3.8) is 0 Å². The van der Waals surface area contributed by atoms with Gasteiger partial charge in [0, 0.05) is 13.1 Å². The molecule has 0 saturated carbocycles. The van der Waals surface area contributed by atoms with E-state index in [9.17, 15) is 0 Å². The summed E-state index contributed by atoms with van der Waals surface area (Å²) in [6, 6.07) is 7.87. The van der Waals surface area contributed by atoms with Gasteiger partial charge in [-0.15, -0.1) is 0 Å². The lowest BCUT2D eigenvalue weighted by molar-refractivity contribution is 0.219. The van der Waals surface area contributed by atoms with Crippen molar-refractivity contribution < 1.29 is 9.47 Å². The Balaban J connectivity index is 1.69. The Morgan fingerprint density at radius 3 is 2.29 bits per heavy atom. The van der Waals surface area contributed by atoms with E-state index in [0.717, 1.165) is 57.3 Å². The molecule has 0 aliphatic carbocycles. The fourth-order valence-electron chi connectivity index (χ4n) is 2.63. The predicted octanol–water partition coefficient (Wildman–Crippen LogP) is 2.52. The van der Waals surface area contributed by atoms with Crippen LogP contribution in [-0.2, 0) is 0 Å². The quantitative estimate of drug-likeness (QED) is 0.800. The second-order valence-corrected chi connectivity index (χ2v) is 6.21. The summed E-state index contributed by atoms with van der Waals surface area (Å²) in [6.45, 7) is 9.78. The first-order valence-corrected chi connectivity index (χ1v) is 7.93. The average Bonchev–Trinajstić information content (AvgIpc) is 2.89. The Hall–Kier alpha value is -1.26. The largest absolute Gasteiger partial charge is 0.494 e. The molecule has 0 amide bonds. The van der Waals surface area contributed by atoms with E-state index in [0.29, 0.717) is 0 Å². The van der Waals surface area contributed by atoms with Gasteiger partial charge in [0.2, 0.25) is 0 Å². The van der Waals surface area contributed by atoms with Crippen LogP contribution in [0, 0.1) is 5.41 Å². The molecule has 0 bridgehead atoms. The van der Waals surface area contributed by atoms with Crippen molar-refractivity contribution in [3.8, 4) is 11.5 Å². The van der Waals surface area contributed by atoms with Crippen molar-refractivity contribution in [2.24, 2.45) is 11.1 Å². The van der Waals surface area contributed by atoms with Gasteiger partial charge in [0.25, 0.3) is 0 Å². The Morgan fingerprint density at radius 1 is 1.14 bits per heavy atom. The number of ether oxygens (including phenoxy) is 2. The highest BCUT2D eigenvalue weighted by molar-refractivity contribution is 5.31. The molecule has 118 valence electrons. The molecule has 2 N–H and O–H groups in total. The minimum atomic E-state index is 0.290. The molecule has 1 saturated heterocycles. The Labute approximate surface area is 128 Å². The maximum Gasteiger partial charge on any atom is 0.119 e. The van der Waals surface area contributed by atoms with Crippen LogP contribution in [-0.4, -0.2) is 44.3 Å². The molecule has 1 atom stereocenters. The molecule has 1 aliphatic heterocycles. The fourth-order valence-corrected chi connectivity index (χ4v) is 2.63. The van der Waals surface area contributed by atoms with Crippen molar-refractivity contribution in [2.45, 2.75) is 26.7 Å². The van der Waals surface area contributed by atoms with E-state index in [1.807, 2.05) is 24.3 Å². The number of rotatable bonds is 8. The lowest BCUT2D eigenvalue weighted by Gasteiger charge is -2.22. The summed E-state index contributed by atoms with van der Waals surface area (Å²) in [5, 5.41) is 0. The number of nitrogens with two attached hydrogens (primary N) is 1. The number of hydrogen-bond donors (Lipinski definition) is 1. The van der Waals surface area contributed by atoms with E-state index >= 15 is 0 Å². The highest BCUT2D eigenvalue weighted by Gasteiger charge is 2.31. The molecular weight excluding hydrogens is 264 g/mol. The molecule has 1 fully saturated rings. The summed E-state index contributed by atoms with van der Waals surface area (Å²) in [4.78, 5) is 2.44. The third kappa shape index (κ3) is 4.90. The molecule has 1 aliphatic rings. The highest BCUT2D eigenvalue weighted by Crippen LogP contribution is 2.28. The van der Waals surface area contributed by atoms with E-state index in [4.69, 9.17) is 15.2 Å². The minimum absolute atomic E-state index is 0.290. The molecule has 0 spiro atoms. The van der Waals surface area contributed by atoms with Crippen LogP contribution < -0.4 is 15.2 Å². The number of benzene rings is 1. The van der Waals surface area contributed by atoms with E-state index in [2.05, 4.69) is 18.7 Å². The van der Waals surface area contributed by atoms with Gasteiger partial charge in [-0.25, -0.2) is 0 Å². The van der Waals surface area contributed by atoms with Gasteiger partial charge in [0.05, 0.1) is 6.61 Å². The molecule has 0 aromatic heterocycles. The molecule has 21 heavy (non-hydrogen) atoms. The zero-order valence-corrected chi connectivity index (χ0v) is 13.3. The van der Waals surface area contributed by atoms with Crippen LogP contribution in [0.15, 0.2) is 24.3 Å². The number of hydrogen-bond acceptors (Lipinski definition) is 4. The average molecular weight is 292 g/mol. The van der Waals surface area contributed by atoms with E-state index in [-0.39, 0.29) is 5.41 Å². The summed E-state index contributed by atoms with van der Waals surface area (Å²) >= 11 is 0. The molecule has 1 unspecified atom stereocenters. The SMILES string of the molecule is CCCOc1ccc(OCCN2CCC(C)(CN)C2)cc1. The lowest BCUT2D eigenvalue weighted by atomic mass is 9.90. The van der Waals surface area contributed by atoms with Crippen LogP contribution in [0.1, 0.15) is 26.7 Å². The predicted molar refractivity (Wildman–Crippen MR) is 85.9 cm³/mol. The molecule has 1 heterocycles. The Morgan fingerprint density at radius 2 is 1.76 bits per heavy atom. The van der Waals surface area contributed by atoms with Crippen molar-refractivity contribution in [2.75, 3.05) is 39.4 Å². The first-order chi connectivity index (χ1) is 10.1.